The molecule has 0 N–H and O–H groups in total. The van der Waals surface area contributed by atoms with E-state index in [4.69, 9.17) is 21.4 Å². The lowest BCUT2D eigenvalue weighted by molar-refractivity contribution is 0.141. The third kappa shape index (κ3) is 3.02. The van der Waals surface area contributed by atoms with E-state index < -0.39 is 6.43 Å². The number of aromatic nitrogens is 4. The number of hydrogen-bond donors (Lipinski definition) is 0. The van der Waals surface area contributed by atoms with E-state index in [1.807, 2.05) is 6.07 Å². The van der Waals surface area contributed by atoms with Gasteiger partial charge in [0.15, 0.2) is 0 Å². The van der Waals surface area contributed by atoms with Crippen LogP contribution in [0.2, 0.25) is 5.02 Å². The van der Waals surface area contributed by atoms with Crippen molar-refractivity contribution in [3.8, 4) is 17.6 Å². The number of fused-ring (bicyclic) bond motifs is 1. The molecule has 0 amide bonds. The molecular weight excluding hydrogens is 376 g/mol. The Morgan fingerprint density at radius 3 is 2.81 bits per heavy atom. The summed E-state index contributed by atoms with van der Waals surface area (Å²) in [6, 6.07) is 11.5. The van der Waals surface area contributed by atoms with Gasteiger partial charge in [-0.3, -0.25) is 4.98 Å². The van der Waals surface area contributed by atoms with E-state index in [0.29, 0.717) is 16.6 Å². The zero-order valence-corrected chi connectivity index (χ0v) is 14.4. The minimum Gasteiger partial charge on any atom is -0.337 e. The zero-order chi connectivity index (χ0) is 19.0. The quantitative estimate of drug-likeness (QED) is 0.513. The van der Waals surface area contributed by atoms with Crippen molar-refractivity contribution in [1.82, 2.24) is 19.7 Å². The molecule has 0 radical (unpaired) electrons. The average Bonchev–Trinajstić information content (AvgIpc) is 3.29. The first kappa shape index (κ1) is 17.1. The van der Waals surface area contributed by atoms with Crippen molar-refractivity contribution in [3.05, 3.63) is 64.8 Å². The standard InChI is InChI=1S/C18H10ClF2N5O/c19-16-10(8-22)4-5-13-11(16)7-14(17(20)21)26(13)9-15-24-18(25-27-15)12-3-1-2-6-23-12/h1-7,17H,9H2. The molecule has 0 aliphatic rings. The van der Waals surface area contributed by atoms with Gasteiger partial charge in [-0.25, -0.2) is 8.78 Å². The highest BCUT2D eigenvalue weighted by Crippen LogP contribution is 2.34. The number of rotatable bonds is 4. The Hall–Kier alpha value is -3.31. The van der Waals surface area contributed by atoms with Crippen molar-refractivity contribution in [2.45, 2.75) is 13.0 Å². The van der Waals surface area contributed by atoms with Crippen LogP contribution in [0.25, 0.3) is 22.4 Å². The Bertz CT molecular complexity index is 1160. The highest BCUT2D eigenvalue weighted by Gasteiger charge is 2.21. The molecule has 0 aliphatic heterocycles. The van der Waals surface area contributed by atoms with Gasteiger partial charge in [0.05, 0.1) is 21.8 Å². The maximum atomic E-state index is 13.5. The first-order chi connectivity index (χ1) is 13.1. The van der Waals surface area contributed by atoms with E-state index in [9.17, 15) is 8.78 Å². The van der Waals surface area contributed by atoms with Crippen LogP contribution in [0.15, 0.2) is 47.1 Å². The zero-order valence-electron chi connectivity index (χ0n) is 13.6. The van der Waals surface area contributed by atoms with E-state index in [1.54, 1.807) is 30.5 Å². The Morgan fingerprint density at radius 1 is 1.26 bits per heavy atom. The van der Waals surface area contributed by atoms with Crippen LogP contribution in [0.5, 0.6) is 0 Å². The Balaban J connectivity index is 1.78. The molecule has 3 aromatic heterocycles. The molecule has 4 rings (SSSR count). The van der Waals surface area contributed by atoms with E-state index in [1.165, 1.54) is 16.7 Å². The fraction of sp³-hybridized carbons (Fsp3) is 0.111. The highest BCUT2D eigenvalue weighted by molar-refractivity contribution is 6.36. The lowest BCUT2D eigenvalue weighted by Crippen LogP contribution is -2.05. The molecule has 0 unspecified atom stereocenters. The largest absolute Gasteiger partial charge is 0.337 e. The normalized spacial score (nSPS) is 11.2. The van der Waals surface area contributed by atoms with Gasteiger partial charge in [-0.15, -0.1) is 0 Å². The van der Waals surface area contributed by atoms with Crippen LogP contribution in [0.4, 0.5) is 8.78 Å². The number of nitriles is 1. The van der Waals surface area contributed by atoms with Gasteiger partial charge in [0.2, 0.25) is 11.7 Å². The van der Waals surface area contributed by atoms with E-state index in [-0.39, 0.29) is 34.5 Å². The van der Waals surface area contributed by atoms with Crippen LogP contribution in [0, 0.1) is 11.3 Å². The molecule has 6 nitrogen and oxygen atoms in total. The van der Waals surface area contributed by atoms with Crippen LogP contribution in [0.3, 0.4) is 0 Å². The SMILES string of the molecule is N#Cc1ccc2c(cc(C(F)F)n2Cc2nc(-c3ccccn3)no2)c1Cl. The summed E-state index contributed by atoms with van der Waals surface area (Å²) in [5, 5.41) is 13.4. The van der Waals surface area contributed by atoms with Crippen LogP contribution < -0.4 is 0 Å². The van der Waals surface area contributed by atoms with Gasteiger partial charge < -0.3 is 9.09 Å². The van der Waals surface area contributed by atoms with Crippen LogP contribution >= 0.6 is 11.6 Å². The molecule has 0 bridgehead atoms. The molecule has 4 aromatic rings. The second-order valence-electron chi connectivity index (χ2n) is 5.65. The van der Waals surface area contributed by atoms with Gasteiger partial charge in [0.25, 0.3) is 6.43 Å². The Kier molecular flexibility index (Phi) is 4.30. The number of nitrogens with zero attached hydrogens (tertiary/aromatic N) is 5. The third-order valence-electron chi connectivity index (χ3n) is 4.05. The molecule has 1 aromatic carbocycles. The lowest BCUT2D eigenvalue weighted by atomic mass is 10.1. The number of benzene rings is 1. The summed E-state index contributed by atoms with van der Waals surface area (Å²) >= 11 is 6.18. The monoisotopic (exact) mass is 385 g/mol. The van der Waals surface area contributed by atoms with E-state index >= 15 is 0 Å². The predicted octanol–water partition coefficient (Wildman–Crippen LogP) is 4.60. The van der Waals surface area contributed by atoms with E-state index in [2.05, 4.69) is 15.1 Å². The lowest BCUT2D eigenvalue weighted by Gasteiger charge is -2.07. The molecule has 0 saturated heterocycles. The molecule has 3 heterocycles. The topological polar surface area (TPSA) is 80.5 Å². The third-order valence-corrected chi connectivity index (χ3v) is 4.46. The Labute approximate surface area is 156 Å². The molecular formula is C18H10ClF2N5O. The second kappa shape index (κ2) is 6.78. The maximum absolute atomic E-state index is 13.5. The summed E-state index contributed by atoms with van der Waals surface area (Å²) < 4.78 is 33.6. The molecule has 0 aliphatic carbocycles. The smallest absolute Gasteiger partial charge is 0.278 e. The van der Waals surface area contributed by atoms with Crippen molar-refractivity contribution >= 4 is 22.5 Å². The fourth-order valence-electron chi connectivity index (χ4n) is 2.82. The van der Waals surface area contributed by atoms with Crippen molar-refractivity contribution in [2.75, 3.05) is 0 Å². The van der Waals surface area contributed by atoms with E-state index in [0.717, 1.165) is 0 Å². The fourth-order valence-corrected chi connectivity index (χ4v) is 3.07. The minimum absolute atomic E-state index is 0.0642. The molecule has 9 heteroatoms. The Morgan fingerprint density at radius 2 is 2.11 bits per heavy atom. The number of hydrogen-bond acceptors (Lipinski definition) is 5. The average molecular weight is 386 g/mol. The molecule has 0 spiro atoms. The van der Waals surface area contributed by atoms with Gasteiger partial charge in [0.1, 0.15) is 18.3 Å². The molecule has 0 fully saturated rings. The molecule has 0 atom stereocenters. The molecule has 134 valence electrons. The number of alkyl halides is 2. The van der Waals surface area contributed by atoms with Gasteiger partial charge in [0, 0.05) is 11.6 Å². The highest BCUT2D eigenvalue weighted by atomic mass is 35.5. The van der Waals surface area contributed by atoms with Crippen LogP contribution in [-0.4, -0.2) is 19.7 Å². The first-order valence-electron chi connectivity index (χ1n) is 7.82. The van der Waals surface area contributed by atoms with Crippen LogP contribution in [0.1, 0.15) is 23.6 Å². The number of halogens is 3. The molecule has 0 saturated carbocycles. The summed E-state index contributed by atoms with van der Waals surface area (Å²) in [5.74, 6) is 0.418. The first-order valence-corrected chi connectivity index (χ1v) is 8.20. The van der Waals surface area contributed by atoms with Gasteiger partial charge in [-0.1, -0.05) is 22.8 Å². The van der Waals surface area contributed by atoms with Crippen molar-refractivity contribution in [2.24, 2.45) is 0 Å². The van der Waals surface area contributed by atoms with Crippen LogP contribution in [-0.2, 0) is 6.54 Å². The summed E-state index contributed by atoms with van der Waals surface area (Å²) in [6.07, 6.45) is -1.15. The number of pyridine rings is 1. The van der Waals surface area contributed by atoms with Crippen molar-refractivity contribution in [3.63, 3.8) is 0 Å². The molecule has 27 heavy (non-hydrogen) atoms. The van der Waals surface area contributed by atoms with Gasteiger partial charge in [-0.2, -0.15) is 10.2 Å². The minimum atomic E-state index is -2.74. The maximum Gasteiger partial charge on any atom is 0.278 e. The van der Waals surface area contributed by atoms with Gasteiger partial charge in [-0.05, 0) is 30.3 Å². The summed E-state index contributed by atoms with van der Waals surface area (Å²) in [4.78, 5) is 8.35. The predicted molar refractivity (Wildman–Crippen MR) is 93.3 cm³/mol. The van der Waals surface area contributed by atoms with Gasteiger partial charge >= 0.3 is 0 Å². The summed E-state index contributed by atoms with van der Waals surface area (Å²) in [7, 11) is 0. The summed E-state index contributed by atoms with van der Waals surface area (Å²) in [6.45, 7) is -0.0642. The van der Waals surface area contributed by atoms with Crippen molar-refractivity contribution in [1.29, 1.82) is 5.26 Å². The second-order valence-corrected chi connectivity index (χ2v) is 6.03. The summed E-state index contributed by atoms with van der Waals surface area (Å²) in [5.41, 5.74) is 0.935. The van der Waals surface area contributed by atoms with Crippen molar-refractivity contribution < 1.29 is 13.3 Å².